The smallest absolute Gasteiger partial charge is 0.108 e. The van der Waals surface area contributed by atoms with Crippen molar-refractivity contribution in [3.63, 3.8) is 0 Å². The lowest BCUT2D eigenvalue weighted by molar-refractivity contribution is 1.32. The van der Waals surface area contributed by atoms with E-state index in [-0.39, 0.29) is 0 Å². The predicted molar refractivity (Wildman–Crippen MR) is 160 cm³/mol. The van der Waals surface area contributed by atoms with Gasteiger partial charge < -0.3 is 0 Å². The van der Waals surface area contributed by atoms with E-state index in [0.29, 0.717) is 17.0 Å². The minimum absolute atomic E-state index is 0.534. The summed E-state index contributed by atoms with van der Waals surface area (Å²) >= 11 is 0. The molecule has 0 aromatic heterocycles. The highest BCUT2D eigenvalue weighted by Crippen LogP contribution is 2.28. The first kappa shape index (κ1) is 26.4. The van der Waals surface area contributed by atoms with E-state index >= 15 is 0 Å². The maximum Gasteiger partial charge on any atom is 0.108 e. The second-order valence-electron chi connectivity index (χ2n) is 9.59. The third kappa shape index (κ3) is 5.68. The van der Waals surface area contributed by atoms with Crippen molar-refractivity contribution in [3.8, 4) is 6.07 Å². The number of para-hydroxylation sites is 3. The second kappa shape index (κ2) is 11.6. The minimum Gasteiger partial charge on any atom is -0.254 e. The summed E-state index contributed by atoms with van der Waals surface area (Å²) in [5.41, 5.74) is 11.5. The molecule has 0 amide bonds. The van der Waals surface area contributed by atoms with Gasteiger partial charge in [0.1, 0.15) is 5.71 Å². The van der Waals surface area contributed by atoms with E-state index in [0.717, 1.165) is 56.0 Å². The number of rotatable bonds is 6. The van der Waals surface area contributed by atoms with Crippen LogP contribution in [0, 0.1) is 52.9 Å². The Labute approximate surface area is 225 Å². The standard InChI is InChI=1S/C34H32N4/c1-22-12-9-13-23(2)31(22)36-21-30(37-32-24(3)14-10-15-25(32)4)34(29-19-8-7-18-28(29)20-35)38-33-26(5)16-11-17-27(33)6/h7-19,21H,1-6H3. The van der Waals surface area contributed by atoms with Gasteiger partial charge in [-0.15, -0.1) is 0 Å². The Morgan fingerprint density at radius 3 is 1.53 bits per heavy atom. The number of hydrogen-bond donors (Lipinski definition) is 0. The Morgan fingerprint density at radius 1 is 0.579 bits per heavy atom. The third-order valence-electron chi connectivity index (χ3n) is 6.64. The lowest BCUT2D eigenvalue weighted by atomic mass is 9.99. The lowest BCUT2D eigenvalue weighted by Crippen LogP contribution is -2.19. The van der Waals surface area contributed by atoms with Gasteiger partial charge in [0.05, 0.1) is 40.6 Å². The highest BCUT2D eigenvalue weighted by atomic mass is 14.9. The monoisotopic (exact) mass is 496 g/mol. The highest BCUT2D eigenvalue weighted by molar-refractivity contribution is 6.67. The van der Waals surface area contributed by atoms with Crippen molar-refractivity contribution < 1.29 is 0 Å². The molecule has 0 bridgehead atoms. The van der Waals surface area contributed by atoms with Crippen molar-refractivity contribution >= 4 is 34.7 Å². The van der Waals surface area contributed by atoms with Crippen molar-refractivity contribution in [1.29, 1.82) is 5.26 Å². The molecule has 4 rings (SSSR count). The SMILES string of the molecule is Cc1cccc(C)c1N=CC(=Nc1c(C)cccc1C)C(=Nc1c(C)cccc1C)c1ccccc1C#N. The van der Waals surface area contributed by atoms with E-state index in [4.69, 9.17) is 15.0 Å². The van der Waals surface area contributed by atoms with Crippen molar-refractivity contribution in [2.75, 3.05) is 0 Å². The summed E-state index contributed by atoms with van der Waals surface area (Å²) in [4.78, 5) is 15.3. The van der Waals surface area contributed by atoms with Gasteiger partial charge in [-0.05, 0) is 81.0 Å². The van der Waals surface area contributed by atoms with Gasteiger partial charge in [0.15, 0.2) is 0 Å². The summed E-state index contributed by atoms with van der Waals surface area (Å²) in [5, 5.41) is 10.0. The highest BCUT2D eigenvalue weighted by Gasteiger charge is 2.18. The molecule has 188 valence electrons. The number of nitrogens with zero attached hydrogens (tertiary/aromatic N) is 4. The van der Waals surface area contributed by atoms with E-state index in [1.54, 1.807) is 6.21 Å². The topological polar surface area (TPSA) is 60.9 Å². The van der Waals surface area contributed by atoms with E-state index < -0.39 is 0 Å². The van der Waals surface area contributed by atoms with Gasteiger partial charge in [-0.2, -0.15) is 5.26 Å². The number of aliphatic imine (C=N–C) groups is 3. The first-order valence-corrected chi connectivity index (χ1v) is 12.7. The largest absolute Gasteiger partial charge is 0.254 e. The number of hydrogen-bond acceptors (Lipinski definition) is 4. The summed E-state index contributed by atoms with van der Waals surface area (Å²) in [6, 6.07) is 28.3. The molecule has 0 spiro atoms. The van der Waals surface area contributed by atoms with Crippen LogP contribution in [0.3, 0.4) is 0 Å². The predicted octanol–water partition coefficient (Wildman–Crippen LogP) is 8.70. The van der Waals surface area contributed by atoms with Gasteiger partial charge in [-0.3, -0.25) is 4.99 Å². The van der Waals surface area contributed by atoms with Crippen molar-refractivity contribution in [2.45, 2.75) is 41.5 Å². The van der Waals surface area contributed by atoms with Gasteiger partial charge >= 0.3 is 0 Å². The maximum atomic E-state index is 10.0. The molecule has 0 saturated carbocycles. The molecule has 0 aliphatic carbocycles. The Kier molecular flexibility index (Phi) is 8.09. The van der Waals surface area contributed by atoms with Crippen LogP contribution in [0.4, 0.5) is 17.1 Å². The van der Waals surface area contributed by atoms with Gasteiger partial charge in [0.25, 0.3) is 0 Å². The van der Waals surface area contributed by atoms with Crippen LogP contribution < -0.4 is 0 Å². The van der Waals surface area contributed by atoms with E-state index in [9.17, 15) is 5.26 Å². The van der Waals surface area contributed by atoms with E-state index in [1.165, 1.54) is 0 Å². The van der Waals surface area contributed by atoms with Crippen LogP contribution in [0.15, 0.2) is 93.8 Å². The summed E-state index contributed by atoms with van der Waals surface area (Å²) in [6.07, 6.45) is 1.79. The first-order chi connectivity index (χ1) is 18.3. The fourth-order valence-corrected chi connectivity index (χ4v) is 4.52. The van der Waals surface area contributed by atoms with Gasteiger partial charge in [-0.25, -0.2) is 9.98 Å². The molecule has 0 aliphatic rings. The molecule has 0 unspecified atom stereocenters. The van der Waals surface area contributed by atoms with Gasteiger partial charge in [-0.1, -0.05) is 72.8 Å². The van der Waals surface area contributed by atoms with Crippen LogP contribution in [-0.2, 0) is 0 Å². The zero-order chi connectivity index (χ0) is 27.2. The molecule has 4 nitrogen and oxygen atoms in total. The molecule has 4 aromatic carbocycles. The van der Waals surface area contributed by atoms with E-state index in [1.807, 2.05) is 68.4 Å². The Balaban J connectivity index is 2.07. The van der Waals surface area contributed by atoms with Crippen LogP contribution in [0.25, 0.3) is 0 Å². The minimum atomic E-state index is 0.534. The molecule has 38 heavy (non-hydrogen) atoms. The summed E-state index contributed by atoms with van der Waals surface area (Å²) in [6.45, 7) is 12.3. The normalized spacial score (nSPS) is 12.1. The van der Waals surface area contributed by atoms with Crippen LogP contribution in [-0.4, -0.2) is 17.6 Å². The molecule has 0 aliphatic heterocycles. The zero-order valence-electron chi connectivity index (χ0n) is 22.9. The molecule has 0 atom stereocenters. The summed E-state index contributed by atoms with van der Waals surface area (Å²) in [7, 11) is 0. The third-order valence-corrected chi connectivity index (χ3v) is 6.64. The van der Waals surface area contributed by atoms with E-state index in [2.05, 4.69) is 58.0 Å². The summed E-state index contributed by atoms with van der Waals surface area (Å²) < 4.78 is 0. The molecule has 0 radical (unpaired) electrons. The fourth-order valence-electron chi connectivity index (χ4n) is 4.52. The molecule has 4 aromatic rings. The molecule has 0 saturated heterocycles. The average molecular weight is 497 g/mol. The Morgan fingerprint density at radius 2 is 1.03 bits per heavy atom. The number of aryl methyl sites for hydroxylation is 6. The molecular weight excluding hydrogens is 464 g/mol. The molecule has 0 N–H and O–H groups in total. The first-order valence-electron chi connectivity index (χ1n) is 12.7. The fraction of sp³-hybridized carbons (Fsp3) is 0.176. The van der Waals surface area contributed by atoms with Crippen molar-refractivity contribution in [3.05, 3.63) is 123 Å². The number of nitriles is 1. The quantitative estimate of drug-likeness (QED) is 0.246. The number of benzene rings is 4. The van der Waals surface area contributed by atoms with Crippen LogP contribution in [0.2, 0.25) is 0 Å². The second-order valence-corrected chi connectivity index (χ2v) is 9.59. The molecule has 0 heterocycles. The van der Waals surface area contributed by atoms with Gasteiger partial charge in [0.2, 0.25) is 0 Å². The Bertz CT molecular complexity index is 1570. The lowest BCUT2D eigenvalue weighted by Gasteiger charge is -2.14. The Hall–Kier alpha value is -4.62. The zero-order valence-corrected chi connectivity index (χ0v) is 22.9. The van der Waals surface area contributed by atoms with Crippen LogP contribution in [0.1, 0.15) is 44.5 Å². The molecular formula is C34H32N4. The van der Waals surface area contributed by atoms with Crippen LogP contribution in [0.5, 0.6) is 0 Å². The summed E-state index contributed by atoms with van der Waals surface area (Å²) in [5.74, 6) is 0. The average Bonchev–Trinajstić information content (AvgIpc) is 2.89. The molecule has 4 heteroatoms. The van der Waals surface area contributed by atoms with Crippen molar-refractivity contribution in [1.82, 2.24) is 0 Å². The van der Waals surface area contributed by atoms with Crippen molar-refractivity contribution in [2.24, 2.45) is 15.0 Å². The molecule has 0 fully saturated rings. The van der Waals surface area contributed by atoms with Gasteiger partial charge in [0, 0.05) is 5.56 Å². The maximum absolute atomic E-state index is 10.0. The van der Waals surface area contributed by atoms with Crippen LogP contribution >= 0.6 is 0 Å².